The number of amides is 3. The average Bonchev–Trinajstić information content (AvgIpc) is 2.69. The summed E-state index contributed by atoms with van der Waals surface area (Å²) in [5, 5.41) is 9.09. The monoisotopic (exact) mass is 356 g/mol. The topological polar surface area (TPSA) is 67.7 Å². The van der Waals surface area contributed by atoms with Crippen molar-refractivity contribution in [2.75, 3.05) is 32.7 Å². The van der Waals surface area contributed by atoms with Crippen LogP contribution in [0, 0.1) is 17.2 Å². The molecule has 0 N–H and O–H groups in total. The minimum Gasteiger partial charge on any atom is -0.325 e. The highest BCUT2D eigenvalue weighted by molar-refractivity contribution is 5.80. The molecule has 0 saturated carbocycles. The van der Waals surface area contributed by atoms with Crippen LogP contribution >= 0.6 is 0 Å². The summed E-state index contributed by atoms with van der Waals surface area (Å²) >= 11 is 0. The molecule has 1 aromatic rings. The summed E-state index contributed by atoms with van der Waals surface area (Å²) in [5.41, 5.74) is 1.02. The summed E-state index contributed by atoms with van der Waals surface area (Å²) in [5.74, 6) is -0.0989. The van der Waals surface area contributed by atoms with E-state index in [2.05, 4.69) is 6.07 Å². The normalized spacial score (nSPS) is 14.6. The Hall–Kier alpha value is -2.55. The molecule has 0 bridgehead atoms. The molecular weight excluding hydrogens is 328 g/mol. The number of nitriles is 1. The van der Waals surface area contributed by atoms with Crippen LogP contribution in [0.15, 0.2) is 30.3 Å². The van der Waals surface area contributed by atoms with Crippen LogP contribution in [0.3, 0.4) is 0 Å². The molecule has 6 nitrogen and oxygen atoms in total. The summed E-state index contributed by atoms with van der Waals surface area (Å²) < 4.78 is 0. The van der Waals surface area contributed by atoms with Gasteiger partial charge >= 0.3 is 6.03 Å². The lowest BCUT2D eigenvalue weighted by Gasteiger charge is -2.36. The molecule has 6 heteroatoms. The maximum absolute atomic E-state index is 12.9. The van der Waals surface area contributed by atoms with Crippen molar-refractivity contribution in [3.8, 4) is 6.07 Å². The lowest BCUT2D eigenvalue weighted by atomic mass is 9.95. The molecular formula is C20H28N4O2. The van der Waals surface area contributed by atoms with Crippen LogP contribution in [-0.2, 0) is 11.3 Å². The van der Waals surface area contributed by atoms with Gasteiger partial charge in [0.1, 0.15) is 6.54 Å². The summed E-state index contributed by atoms with van der Waals surface area (Å²) in [7, 11) is 0. The van der Waals surface area contributed by atoms with Gasteiger partial charge in [0.15, 0.2) is 0 Å². The summed E-state index contributed by atoms with van der Waals surface area (Å²) in [6, 6.07) is 11.9. The Morgan fingerprint density at radius 2 is 1.73 bits per heavy atom. The van der Waals surface area contributed by atoms with E-state index in [-0.39, 0.29) is 24.4 Å². The van der Waals surface area contributed by atoms with Gasteiger partial charge in [-0.05, 0) is 32.3 Å². The number of benzene rings is 1. The molecule has 2 rings (SSSR count). The number of hydrogen-bond donors (Lipinski definition) is 0. The lowest BCUT2D eigenvalue weighted by molar-refractivity contribution is -0.136. The standard InChI is InChI=1S/C20H28N4O2/c1-3-22(4-2)20(26)23-13-10-18(11-14-23)19(25)24(15-12-21)16-17-8-6-5-7-9-17/h5-9,18H,3-4,10-11,13-16H2,1-2H3. The van der Waals surface area contributed by atoms with E-state index in [1.54, 1.807) is 9.80 Å². The minimum atomic E-state index is -0.118. The fraction of sp³-hybridized carbons (Fsp3) is 0.550. The number of hydrogen-bond acceptors (Lipinski definition) is 3. The van der Waals surface area contributed by atoms with Crippen LogP contribution in [0.1, 0.15) is 32.3 Å². The minimum absolute atomic E-state index is 0.0188. The maximum atomic E-state index is 12.9. The molecule has 0 radical (unpaired) electrons. The second-order valence-electron chi connectivity index (χ2n) is 6.55. The first-order valence-electron chi connectivity index (χ1n) is 9.34. The third-order valence-electron chi connectivity index (χ3n) is 4.94. The zero-order valence-electron chi connectivity index (χ0n) is 15.7. The number of piperidine rings is 1. The SMILES string of the molecule is CCN(CC)C(=O)N1CCC(C(=O)N(CC#N)Cc2ccccc2)CC1. The quantitative estimate of drug-likeness (QED) is 0.736. The Morgan fingerprint density at radius 1 is 1.12 bits per heavy atom. The van der Waals surface area contributed by atoms with Crippen molar-refractivity contribution in [3.63, 3.8) is 0 Å². The summed E-state index contributed by atoms with van der Waals surface area (Å²) in [6.45, 7) is 7.07. The molecule has 0 aromatic heterocycles. The number of carbonyl (C=O) groups excluding carboxylic acids is 2. The van der Waals surface area contributed by atoms with Crippen LogP contribution < -0.4 is 0 Å². The fourth-order valence-corrected chi connectivity index (χ4v) is 3.37. The highest BCUT2D eigenvalue weighted by Crippen LogP contribution is 2.21. The fourth-order valence-electron chi connectivity index (χ4n) is 3.37. The predicted octanol–water partition coefficient (Wildman–Crippen LogP) is 2.71. The lowest BCUT2D eigenvalue weighted by Crippen LogP contribution is -2.48. The highest BCUT2D eigenvalue weighted by atomic mass is 16.2. The number of likely N-dealkylation sites (tertiary alicyclic amines) is 1. The first kappa shape index (κ1) is 19.8. The van der Waals surface area contributed by atoms with Crippen LogP contribution in [0.2, 0.25) is 0 Å². The van der Waals surface area contributed by atoms with E-state index in [0.717, 1.165) is 5.56 Å². The van der Waals surface area contributed by atoms with E-state index >= 15 is 0 Å². The van der Waals surface area contributed by atoms with Crippen molar-refractivity contribution < 1.29 is 9.59 Å². The number of urea groups is 1. The van der Waals surface area contributed by atoms with Crippen LogP contribution in [0.4, 0.5) is 4.79 Å². The zero-order chi connectivity index (χ0) is 18.9. The number of rotatable bonds is 6. The third kappa shape index (κ3) is 4.98. The molecule has 0 unspecified atom stereocenters. The molecule has 0 aliphatic carbocycles. The van der Waals surface area contributed by atoms with Crippen molar-refractivity contribution in [2.45, 2.75) is 33.2 Å². The molecule has 0 spiro atoms. The van der Waals surface area contributed by atoms with Crippen molar-refractivity contribution in [2.24, 2.45) is 5.92 Å². The molecule has 1 aromatic carbocycles. The zero-order valence-corrected chi connectivity index (χ0v) is 15.7. The first-order valence-corrected chi connectivity index (χ1v) is 9.34. The first-order chi connectivity index (χ1) is 12.6. The molecule has 1 saturated heterocycles. The van der Waals surface area contributed by atoms with Gasteiger partial charge in [-0.15, -0.1) is 0 Å². The summed E-state index contributed by atoms with van der Waals surface area (Å²) in [4.78, 5) is 30.6. The van der Waals surface area contributed by atoms with Crippen LogP contribution in [-0.4, -0.2) is 59.4 Å². The van der Waals surface area contributed by atoms with E-state index in [1.807, 2.05) is 49.1 Å². The average molecular weight is 356 g/mol. The van der Waals surface area contributed by atoms with Gasteiger partial charge in [-0.3, -0.25) is 4.79 Å². The van der Waals surface area contributed by atoms with Gasteiger partial charge < -0.3 is 14.7 Å². The molecule has 0 atom stereocenters. The van der Waals surface area contributed by atoms with Gasteiger partial charge in [0.05, 0.1) is 6.07 Å². The van der Waals surface area contributed by atoms with E-state index in [1.165, 1.54) is 0 Å². The van der Waals surface area contributed by atoms with Crippen LogP contribution in [0.5, 0.6) is 0 Å². The second kappa shape index (κ2) is 9.81. The van der Waals surface area contributed by atoms with Crippen molar-refractivity contribution in [3.05, 3.63) is 35.9 Å². The van der Waals surface area contributed by atoms with Gasteiger partial charge in [0.2, 0.25) is 5.91 Å². The molecule has 3 amide bonds. The van der Waals surface area contributed by atoms with Crippen LogP contribution in [0.25, 0.3) is 0 Å². The Kier molecular flexibility index (Phi) is 7.46. The summed E-state index contributed by atoms with van der Waals surface area (Å²) in [6.07, 6.45) is 1.31. The van der Waals surface area contributed by atoms with E-state index in [9.17, 15) is 9.59 Å². The number of nitrogens with zero attached hydrogens (tertiary/aromatic N) is 4. The maximum Gasteiger partial charge on any atom is 0.319 e. The molecule has 1 fully saturated rings. The third-order valence-corrected chi connectivity index (χ3v) is 4.94. The van der Waals surface area contributed by atoms with Gasteiger partial charge in [0.25, 0.3) is 0 Å². The molecule has 1 aliphatic rings. The molecule has 26 heavy (non-hydrogen) atoms. The largest absolute Gasteiger partial charge is 0.325 e. The van der Waals surface area contributed by atoms with Crippen molar-refractivity contribution in [1.82, 2.24) is 14.7 Å². The molecule has 1 aliphatic heterocycles. The number of carbonyl (C=O) groups is 2. The smallest absolute Gasteiger partial charge is 0.319 e. The molecule has 1 heterocycles. The highest BCUT2D eigenvalue weighted by Gasteiger charge is 2.31. The Labute approximate surface area is 156 Å². The van der Waals surface area contributed by atoms with E-state index in [4.69, 9.17) is 5.26 Å². The van der Waals surface area contributed by atoms with Gasteiger partial charge in [-0.2, -0.15) is 5.26 Å². The van der Waals surface area contributed by atoms with Crippen molar-refractivity contribution >= 4 is 11.9 Å². The van der Waals surface area contributed by atoms with E-state index < -0.39 is 0 Å². The molecule has 140 valence electrons. The van der Waals surface area contributed by atoms with Gasteiger partial charge in [-0.1, -0.05) is 30.3 Å². The second-order valence-corrected chi connectivity index (χ2v) is 6.55. The van der Waals surface area contributed by atoms with Gasteiger partial charge in [-0.25, -0.2) is 4.79 Å². The van der Waals surface area contributed by atoms with E-state index in [0.29, 0.717) is 45.6 Å². The Morgan fingerprint density at radius 3 is 2.27 bits per heavy atom. The predicted molar refractivity (Wildman–Crippen MR) is 100 cm³/mol. The van der Waals surface area contributed by atoms with Crippen molar-refractivity contribution in [1.29, 1.82) is 5.26 Å². The van der Waals surface area contributed by atoms with Gasteiger partial charge in [0, 0.05) is 38.6 Å². The Bertz CT molecular complexity index is 629. The Balaban J connectivity index is 1.94.